The monoisotopic (exact) mass is 610 g/mol. The van der Waals surface area contributed by atoms with E-state index in [9.17, 15) is 5.26 Å². The van der Waals surface area contributed by atoms with Crippen molar-refractivity contribution >= 4 is 10.8 Å². The average molecular weight is 611 g/mol. The predicted octanol–water partition coefficient (Wildman–Crippen LogP) is 10.7. The maximum atomic E-state index is 9.79. The van der Waals surface area contributed by atoms with E-state index >= 15 is 0 Å². The van der Waals surface area contributed by atoms with Gasteiger partial charge in [-0.25, -0.2) is 15.0 Å². The summed E-state index contributed by atoms with van der Waals surface area (Å²) in [5.41, 5.74) is 7.48. The highest BCUT2D eigenvalue weighted by atomic mass is 15.0. The fourth-order valence-electron chi connectivity index (χ4n) is 8.92. The lowest BCUT2D eigenvalue weighted by Crippen LogP contribution is -2.42. The zero-order valence-corrected chi connectivity index (χ0v) is 27.0. The summed E-state index contributed by atoms with van der Waals surface area (Å²) < 4.78 is 0. The Kier molecular flexibility index (Phi) is 7.41. The van der Waals surface area contributed by atoms with Gasteiger partial charge < -0.3 is 0 Å². The summed E-state index contributed by atoms with van der Waals surface area (Å²) in [6.45, 7) is 4.91. The Bertz CT molecular complexity index is 2110. The maximum absolute atomic E-state index is 9.79. The van der Waals surface area contributed by atoms with Crippen molar-refractivity contribution in [2.45, 2.75) is 51.4 Å². The molecule has 2 aliphatic rings. The number of aromatic nitrogens is 3. The zero-order valence-electron chi connectivity index (χ0n) is 27.0. The molecule has 6 aromatic rings. The molecule has 2 saturated carbocycles. The third kappa shape index (κ3) is 5.40. The van der Waals surface area contributed by atoms with E-state index < -0.39 is 0 Å². The average Bonchev–Trinajstić information content (AvgIpc) is 3.11. The molecule has 4 atom stereocenters. The van der Waals surface area contributed by atoms with Gasteiger partial charge in [-0.05, 0) is 89.5 Å². The lowest BCUT2D eigenvalue weighted by atomic mass is 9.54. The van der Waals surface area contributed by atoms with E-state index in [0.717, 1.165) is 56.3 Å². The van der Waals surface area contributed by atoms with Crippen molar-refractivity contribution in [3.63, 3.8) is 0 Å². The summed E-state index contributed by atoms with van der Waals surface area (Å²) in [4.78, 5) is 15.2. The van der Waals surface area contributed by atoms with Crippen molar-refractivity contribution in [3.8, 4) is 51.4 Å². The number of benzene rings is 5. The van der Waals surface area contributed by atoms with Crippen LogP contribution in [-0.2, 0) is 5.41 Å². The van der Waals surface area contributed by atoms with Crippen LogP contribution < -0.4 is 0 Å². The molecule has 2 bridgehead atoms. The van der Waals surface area contributed by atoms with E-state index in [4.69, 9.17) is 15.0 Å². The smallest absolute Gasteiger partial charge is 0.164 e. The first-order chi connectivity index (χ1) is 23.0. The molecular formula is C43H38N4. The summed E-state index contributed by atoms with van der Waals surface area (Å²) in [7, 11) is 0. The van der Waals surface area contributed by atoms with Gasteiger partial charge in [-0.2, -0.15) is 5.26 Å². The van der Waals surface area contributed by atoms with Crippen LogP contribution in [0.25, 0.3) is 56.1 Å². The van der Waals surface area contributed by atoms with Crippen molar-refractivity contribution in [1.82, 2.24) is 15.0 Å². The number of hydrogen-bond donors (Lipinski definition) is 0. The van der Waals surface area contributed by atoms with Gasteiger partial charge in [0.1, 0.15) is 0 Å². The Balaban J connectivity index is 1.25. The Labute approximate surface area is 277 Å². The van der Waals surface area contributed by atoms with Gasteiger partial charge in [-0.15, -0.1) is 0 Å². The summed E-state index contributed by atoms with van der Waals surface area (Å²) >= 11 is 0. The maximum Gasteiger partial charge on any atom is 0.164 e. The molecule has 230 valence electrons. The first-order valence-electron chi connectivity index (χ1n) is 16.9. The van der Waals surface area contributed by atoms with Crippen molar-refractivity contribution < 1.29 is 0 Å². The van der Waals surface area contributed by atoms with Gasteiger partial charge in [0, 0.05) is 22.1 Å². The van der Waals surface area contributed by atoms with Gasteiger partial charge in [0.05, 0.1) is 11.6 Å². The fourth-order valence-corrected chi connectivity index (χ4v) is 8.92. The van der Waals surface area contributed by atoms with E-state index in [0.29, 0.717) is 28.5 Å². The Morgan fingerprint density at radius 3 is 1.85 bits per heavy atom. The quantitative estimate of drug-likeness (QED) is 0.195. The molecule has 4 nitrogen and oxygen atoms in total. The number of fused-ring (bicyclic) bond motifs is 3. The Morgan fingerprint density at radius 1 is 0.553 bits per heavy atom. The van der Waals surface area contributed by atoms with Crippen LogP contribution in [0.15, 0.2) is 115 Å². The third-order valence-electron chi connectivity index (χ3n) is 10.6. The van der Waals surface area contributed by atoms with Gasteiger partial charge in [-0.1, -0.05) is 117 Å². The summed E-state index contributed by atoms with van der Waals surface area (Å²) in [5.74, 6) is 4.26. The van der Waals surface area contributed by atoms with Crippen molar-refractivity contribution in [2.24, 2.45) is 17.8 Å². The van der Waals surface area contributed by atoms with E-state index in [1.54, 1.807) is 0 Å². The topological polar surface area (TPSA) is 62.5 Å². The molecular weight excluding hydrogens is 573 g/mol. The summed E-state index contributed by atoms with van der Waals surface area (Å²) in [6.07, 6.45) is 6.69. The lowest BCUT2D eigenvalue weighted by Gasteiger charge is -2.50. The third-order valence-corrected chi connectivity index (χ3v) is 10.6. The summed E-state index contributed by atoms with van der Waals surface area (Å²) in [5, 5.41) is 11.6. The summed E-state index contributed by atoms with van der Waals surface area (Å²) in [6, 6.07) is 42.1. The second-order valence-electron chi connectivity index (χ2n) is 14.1. The van der Waals surface area contributed by atoms with E-state index in [-0.39, 0.29) is 0 Å². The molecule has 5 aromatic carbocycles. The molecule has 1 aromatic heterocycles. The second kappa shape index (κ2) is 11.9. The molecule has 4 heteroatoms. The molecule has 1 heterocycles. The normalized spacial score (nSPS) is 22.1. The van der Waals surface area contributed by atoms with Crippen LogP contribution in [0.5, 0.6) is 0 Å². The van der Waals surface area contributed by atoms with Gasteiger partial charge in [-0.3, -0.25) is 0 Å². The van der Waals surface area contributed by atoms with Crippen LogP contribution in [0, 0.1) is 29.1 Å². The highest BCUT2D eigenvalue weighted by Gasteiger charge is 2.45. The molecule has 0 aliphatic heterocycles. The largest absolute Gasteiger partial charge is 0.208 e. The van der Waals surface area contributed by atoms with Gasteiger partial charge in [0.15, 0.2) is 17.5 Å². The van der Waals surface area contributed by atoms with Crippen LogP contribution in [0.3, 0.4) is 0 Å². The molecule has 2 aliphatic carbocycles. The molecule has 0 spiro atoms. The number of rotatable bonds is 5. The van der Waals surface area contributed by atoms with Crippen LogP contribution in [0.2, 0.25) is 0 Å². The van der Waals surface area contributed by atoms with E-state index in [1.807, 2.05) is 66.7 Å². The molecule has 0 amide bonds. The Hall–Kier alpha value is -5.14. The van der Waals surface area contributed by atoms with Gasteiger partial charge in [0.2, 0.25) is 0 Å². The minimum absolute atomic E-state index is 0.301. The molecule has 0 N–H and O–H groups in total. The SMILES string of the molecule is C[C@@H]1CC2C[C@H](C)CC(c3ccc(-c4ccccc4-c4nc(-c5ccccc5)nc(-c5ccc(C#N)c6ccccc56)n4)cc3)(C2)C1. The molecule has 0 saturated heterocycles. The standard InChI is InChI=1S/C43H38N4/c1-28-22-30-23-29(2)25-43(24-28,26-30)34-19-16-31(17-20-34)35-12-7-9-15-38(35)41-45-40(32-10-4-3-5-11-32)46-42(47-41)39-21-18-33(27-44)36-13-6-8-14-37(36)39/h3-21,28-30H,22-26H2,1-2H3/t28-,29+,30?,43?. The van der Waals surface area contributed by atoms with Crippen molar-refractivity contribution in [1.29, 1.82) is 5.26 Å². The van der Waals surface area contributed by atoms with Crippen LogP contribution >= 0.6 is 0 Å². The first kappa shape index (κ1) is 29.3. The van der Waals surface area contributed by atoms with Crippen molar-refractivity contribution in [3.05, 3.63) is 126 Å². The predicted molar refractivity (Wildman–Crippen MR) is 190 cm³/mol. The molecule has 2 unspecified atom stereocenters. The number of nitriles is 1. The van der Waals surface area contributed by atoms with Crippen LogP contribution in [-0.4, -0.2) is 15.0 Å². The molecule has 2 fully saturated rings. The fraction of sp³-hybridized carbons (Fsp3) is 0.256. The Morgan fingerprint density at radius 2 is 1.15 bits per heavy atom. The minimum Gasteiger partial charge on any atom is -0.208 e. The number of hydrogen-bond acceptors (Lipinski definition) is 4. The highest BCUT2D eigenvalue weighted by Crippen LogP contribution is 2.54. The molecule has 47 heavy (non-hydrogen) atoms. The van der Waals surface area contributed by atoms with Crippen molar-refractivity contribution in [2.75, 3.05) is 0 Å². The van der Waals surface area contributed by atoms with E-state index in [2.05, 4.69) is 68.4 Å². The number of nitrogens with zero attached hydrogens (tertiary/aromatic N) is 4. The molecule has 8 rings (SSSR count). The van der Waals surface area contributed by atoms with Gasteiger partial charge in [0.25, 0.3) is 0 Å². The highest BCUT2D eigenvalue weighted by molar-refractivity contribution is 5.98. The van der Waals surface area contributed by atoms with Gasteiger partial charge >= 0.3 is 0 Å². The second-order valence-corrected chi connectivity index (χ2v) is 14.1. The van der Waals surface area contributed by atoms with Crippen LogP contribution in [0.1, 0.15) is 57.1 Å². The lowest BCUT2D eigenvalue weighted by molar-refractivity contribution is 0.0780. The zero-order chi connectivity index (χ0) is 32.0. The molecule has 0 radical (unpaired) electrons. The van der Waals surface area contributed by atoms with Crippen LogP contribution in [0.4, 0.5) is 0 Å². The minimum atomic E-state index is 0.301. The van der Waals surface area contributed by atoms with E-state index in [1.165, 1.54) is 37.7 Å². The first-order valence-corrected chi connectivity index (χ1v) is 16.9.